The number of hydrogen-bond donors (Lipinski definition) is 1. The monoisotopic (exact) mass is 114 g/mol. The van der Waals surface area contributed by atoms with Gasteiger partial charge < -0.3 is 5.11 Å². The molecule has 0 spiro atoms. The van der Waals surface area contributed by atoms with Crippen LogP contribution in [0.15, 0.2) is 0 Å². The second-order valence-corrected chi connectivity index (χ2v) is 2.89. The van der Waals surface area contributed by atoms with Crippen molar-refractivity contribution >= 4 is 0 Å². The fourth-order valence-electron chi connectivity index (χ4n) is 1.44. The highest BCUT2D eigenvalue weighted by Crippen LogP contribution is 2.47. The van der Waals surface area contributed by atoms with Crippen molar-refractivity contribution in [2.45, 2.75) is 20.3 Å². The van der Waals surface area contributed by atoms with Crippen LogP contribution < -0.4 is 0 Å². The lowest BCUT2D eigenvalue weighted by Gasteiger charge is -1.87. The number of aliphatic hydroxyl groups excluding tert-OH is 1. The fraction of sp³-hybridized carbons (Fsp3) is 1.00. The van der Waals surface area contributed by atoms with Gasteiger partial charge in [0.1, 0.15) is 0 Å². The van der Waals surface area contributed by atoms with Crippen LogP contribution in [-0.2, 0) is 0 Å². The third-order valence-corrected chi connectivity index (χ3v) is 2.50. The maximum absolute atomic E-state index is 8.51. The summed E-state index contributed by atoms with van der Waals surface area (Å²) in [4.78, 5) is 0. The molecule has 1 rings (SSSR count). The molecular formula is C7H14O. The van der Waals surface area contributed by atoms with Gasteiger partial charge in [-0.2, -0.15) is 0 Å². The third-order valence-electron chi connectivity index (χ3n) is 2.50. The lowest BCUT2D eigenvalue weighted by atomic mass is 10.2. The van der Waals surface area contributed by atoms with E-state index in [1.807, 2.05) is 0 Å². The summed E-state index contributed by atoms with van der Waals surface area (Å²) in [5.41, 5.74) is 0. The summed E-state index contributed by atoms with van der Waals surface area (Å²) in [5, 5.41) is 8.51. The lowest BCUT2D eigenvalue weighted by Crippen LogP contribution is -1.85. The van der Waals surface area contributed by atoms with E-state index in [2.05, 4.69) is 13.8 Å². The van der Waals surface area contributed by atoms with E-state index < -0.39 is 0 Å². The Labute approximate surface area is 50.7 Å². The molecule has 1 heteroatoms. The molecule has 0 amide bonds. The van der Waals surface area contributed by atoms with Gasteiger partial charge in [0.15, 0.2) is 0 Å². The van der Waals surface area contributed by atoms with Crippen LogP contribution >= 0.6 is 0 Å². The quantitative estimate of drug-likeness (QED) is 0.573. The van der Waals surface area contributed by atoms with Crippen molar-refractivity contribution in [1.29, 1.82) is 0 Å². The van der Waals surface area contributed by atoms with Gasteiger partial charge in [-0.25, -0.2) is 0 Å². The van der Waals surface area contributed by atoms with Gasteiger partial charge in [0.25, 0.3) is 0 Å². The van der Waals surface area contributed by atoms with Crippen molar-refractivity contribution in [1.82, 2.24) is 0 Å². The Morgan fingerprint density at radius 1 is 1.25 bits per heavy atom. The predicted octanol–water partition coefficient (Wildman–Crippen LogP) is 1.27. The minimum absolute atomic E-state index is 0.374. The molecule has 0 radical (unpaired) electrons. The Morgan fingerprint density at radius 2 is 1.75 bits per heavy atom. The second-order valence-electron chi connectivity index (χ2n) is 2.89. The van der Waals surface area contributed by atoms with E-state index in [1.165, 1.54) is 0 Å². The molecule has 1 fully saturated rings. The molecule has 0 aromatic heterocycles. The highest BCUT2D eigenvalue weighted by molar-refractivity contribution is 4.89. The average Bonchev–Trinajstić information content (AvgIpc) is 2.25. The van der Waals surface area contributed by atoms with E-state index in [9.17, 15) is 0 Å². The summed E-state index contributed by atoms with van der Waals surface area (Å²) in [6.45, 7) is 4.88. The van der Waals surface area contributed by atoms with Crippen LogP contribution in [0.3, 0.4) is 0 Å². The van der Waals surface area contributed by atoms with Crippen LogP contribution in [0.5, 0.6) is 0 Å². The number of aliphatic hydroxyl groups is 1. The first kappa shape index (κ1) is 6.09. The molecule has 2 atom stereocenters. The Hall–Kier alpha value is -0.0400. The van der Waals surface area contributed by atoms with Crippen molar-refractivity contribution in [3.63, 3.8) is 0 Å². The molecule has 1 aliphatic carbocycles. The smallest absolute Gasteiger partial charge is 0.0433 e. The molecule has 2 unspecified atom stereocenters. The molecule has 1 aliphatic rings. The predicted molar refractivity (Wildman–Crippen MR) is 33.5 cm³/mol. The SMILES string of the molecule is CC1C(C)C1CCO. The summed E-state index contributed by atoms with van der Waals surface area (Å²) in [7, 11) is 0. The highest BCUT2D eigenvalue weighted by atomic mass is 16.3. The van der Waals surface area contributed by atoms with E-state index in [0.29, 0.717) is 6.61 Å². The topological polar surface area (TPSA) is 20.2 Å². The van der Waals surface area contributed by atoms with Crippen molar-refractivity contribution < 1.29 is 5.11 Å². The van der Waals surface area contributed by atoms with Gasteiger partial charge in [0.05, 0.1) is 0 Å². The lowest BCUT2D eigenvalue weighted by molar-refractivity contribution is 0.275. The summed E-state index contributed by atoms with van der Waals surface area (Å²) >= 11 is 0. The van der Waals surface area contributed by atoms with Crippen LogP contribution in [0, 0.1) is 17.8 Å². The summed E-state index contributed by atoms with van der Waals surface area (Å²) in [6.07, 6.45) is 1.02. The van der Waals surface area contributed by atoms with Crippen LogP contribution in [-0.4, -0.2) is 11.7 Å². The Kier molecular flexibility index (Phi) is 1.57. The van der Waals surface area contributed by atoms with E-state index in [4.69, 9.17) is 5.11 Å². The molecule has 1 nitrogen and oxygen atoms in total. The molecular weight excluding hydrogens is 100 g/mol. The van der Waals surface area contributed by atoms with Gasteiger partial charge in [-0.05, 0) is 24.2 Å². The number of rotatable bonds is 2. The zero-order valence-corrected chi connectivity index (χ0v) is 5.59. The van der Waals surface area contributed by atoms with E-state index in [-0.39, 0.29) is 0 Å². The van der Waals surface area contributed by atoms with Crippen LogP contribution in [0.1, 0.15) is 20.3 Å². The molecule has 0 aliphatic heterocycles. The van der Waals surface area contributed by atoms with Gasteiger partial charge in [0.2, 0.25) is 0 Å². The average molecular weight is 114 g/mol. The Bertz CT molecular complexity index is 72.5. The van der Waals surface area contributed by atoms with Gasteiger partial charge in [0, 0.05) is 6.61 Å². The van der Waals surface area contributed by atoms with Gasteiger partial charge in [-0.1, -0.05) is 13.8 Å². The fourth-order valence-corrected chi connectivity index (χ4v) is 1.44. The first-order valence-corrected chi connectivity index (χ1v) is 3.38. The minimum Gasteiger partial charge on any atom is -0.396 e. The van der Waals surface area contributed by atoms with Crippen LogP contribution in [0.2, 0.25) is 0 Å². The molecule has 0 aromatic rings. The van der Waals surface area contributed by atoms with Gasteiger partial charge in [-0.3, -0.25) is 0 Å². The van der Waals surface area contributed by atoms with E-state index in [1.54, 1.807) is 0 Å². The molecule has 0 heterocycles. The maximum atomic E-state index is 8.51. The van der Waals surface area contributed by atoms with Crippen molar-refractivity contribution in [3.8, 4) is 0 Å². The highest BCUT2D eigenvalue weighted by Gasteiger charge is 2.41. The van der Waals surface area contributed by atoms with E-state index >= 15 is 0 Å². The second kappa shape index (κ2) is 2.06. The Balaban J connectivity index is 2.13. The van der Waals surface area contributed by atoms with E-state index in [0.717, 1.165) is 24.2 Å². The molecule has 0 bridgehead atoms. The normalized spacial score (nSPS) is 44.6. The summed E-state index contributed by atoms with van der Waals surface area (Å²) < 4.78 is 0. The zero-order chi connectivity index (χ0) is 6.15. The van der Waals surface area contributed by atoms with Crippen molar-refractivity contribution in [3.05, 3.63) is 0 Å². The zero-order valence-electron chi connectivity index (χ0n) is 5.59. The number of hydrogen-bond acceptors (Lipinski definition) is 1. The van der Waals surface area contributed by atoms with Crippen LogP contribution in [0.4, 0.5) is 0 Å². The Morgan fingerprint density at radius 3 is 1.88 bits per heavy atom. The molecule has 48 valence electrons. The first-order valence-electron chi connectivity index (χ1n) is 3.38. The molecule has 8 heavy (non-hydrogen) atoms. The molecule has 0 aromatic carbocycles. The molecule has 1 N–H and O–H groups in total. The molecule has 1 saturated carbocycles. The van der Waals surface area contributed by atoms with Gasteiger partial charge >= 0.3 is 0 Å². The summed E-state index contributed by atoms with van der Waals surface area (Å²) in [6, 6.07) is 0. The largest absolute Gasteiger partial charge is 0.396 e. The summed E-state index contributed by atoms with van der Waals surface area (Å²) in [5.74, 6) is 2.59. The molecule has 0 saturated heterocycles. The minimum atomic E-state index is 0.374. The first-order chi connectivity index (χ1) is 3.77. The third kappa shape index (κ3) is 0.873. The van der Waals surface area contributed by atoms with Gasteiger partial charge in [-0.15, -0.1) is 0 Å². The van der Waals surface area contributed by atoms with Crippen molar-refractivity contribution in [2.75, 3.05) is 6.61 Å². The standard InChI is InChI=1S/C7H14O/c1-5-6(2)7(5)3-4-8/h5-8H,3-4H2,1-2H3. The maximum Gasteiger partial charge on any atom is 0.0433 e. The van der Waals surface area contributed by atoms with Crippen molar-refractivity contribution in [2.24, 2.45) is 17.8 Å². The van der Waals surface area contributed by atoms with Crippen LogP contribution in [0.25, 0.3) is 0 Å².